The fourth-order valence-electron chi connectivity index (χ4n) is 2.29. The summed E-state index contributed by atoms with van der Waals surface area (Å²) in [5.74, 6) is -0.749. The van der Waals surface area contributed by atoms with Gasteiger partial charge in [0.1, 0.15) is 0 Å². The number of aryl methyl sites for hydroxylation is 1. The van der Waals surface area contributed by atoms with Crippen molar-refractivity contribution in [3.8, 4) is 0 Å². The summed E-state index contributed by atoms with van der Waals surface area (Å²) in [5, 5.41) is 9.03. The molecule has 0 fully saturated rings. The van der Waals surface area contributed by atoms with Gasteiger partial charge < -0.3 is 5.11 Å². The van der Waals surface area contributed by atoms with Crippen LogP contribution in [0.2, 0.25) is 0 Å². The zero-order valence-electron chi connectivity index (χ0n) is 12.3. The SMILES string of the molecule is Cc1ccc(C(C)(C)C)cc1C(C)(C)CC(=O)O. The first kappa shape index (κ1) is 14.7. The highest BCUT2D eigenvalue weighted by molar-refractivity contribution is 5.69. The van der Waals surface area contributed by atoms with E-state index in [2.05, 4.69) is 39.0 Å². The number of rotatable bonds is 3. The minimum absolute atomic E-state index is 0.0851. The second-order valence-corrected chi connectivity index (χ2v) is 6.73. The lowest BCUT2D eigenvalue weighted by Crippen LogP contribution is -2.24. The fraction of sp³-hybridized carbons (Fsp3) is 0.562. The van der Waals surface area contributed by atoms with Gasteiger partial charge in [-0.3, -0.25) is 4.79 Å². The summed E-state index contributed by atoms with van der Waals surface area (Å²) in [4.78, 5) is 11.0. The van der Waals surface area contributed by atoms with E-state index in [-0.39, 0.29) is 17.3 Å². The quantitative estimate of drug-likeness (QED) is 0.876. The molecular weight excluding hydrogens is 224 g/mol. The maximum atomic E-state index is 11.0. The minimum Gasteiger partial charge on any atom is -0.481 e. The third-order valence-corrected chi connectivity index (χ3v) is 3.43. The van der Waals surface area contributed by atoms with Crippen LogP contribution >= 0.6 is 0 Å². The summed E-state index contributed by atoms with van der Waals surface area (Å²) in [6.45, 7) is 12.6. The molecule has 0 unspecified atom stereocenters. The van der Waals surface area contributed by atoms with E-state index in [0.29, 0.717) is 0 Å². The Hall–Kier alpha value is -1.31. The van der Waals surface area contributed by atoms with Crippen LogP contribution in [-0.2, 0) is 15.6 Å². The Morgan fingerprint density at radius 2 is 1.72 bits per heavy atom. The molecule has 0 aromatic heterocycles. The van der Waals surface area contributed by atoms with E-state index in [1.807, 2.05) is 20.8 Å². The van der Waals surface area contributed by atoms with Gasteiger partial charge in [-0.05, 0) is 29.0 Å². The number of carboxylic acids is 1. The Morgan fingerprint density at radius 1 is 1.17 bits per heavy atom. The molecule has 0 bridgehead atoms. The van der Waals surface area contributed by atoms with E-state index < -0.39 is 5.97 Å². The third kappa shape index (κ3) is 3.34. The van der Waals surface area contributed by atoms with E-state index in [0.717, 1.165) is 11.1 Å². The molecule has 18 heavy (non-hydrogen) atoms. The lowest BCUT2D eigenvalue weighted by molar-refractivity contribution is -0.138. The van der Waals surface area contributed by atoms with Crippen LogP contribution in [0.5, 0.6) is 0 Å². The Bertz CT molecular complexity index is 451. The van der Waals surface area contributed by atoms with Gasteiger partial charge in [-0.15, -0.1) is 0 Å². The summed E-state index contributed by atoms with van der Waals surface area (Å²) in [7, 11) is 0. The van der Waals surface area contributed by atoms with Gasteiger partial charge >= 0.3 is 5.97 Å². The maximum absolute atomic E-state index is 11.0. The van der Waals surface area contributed by atoms with Gasteiger partial charge in [-0.2, -0.15) is 0 Å². The van der Waals surface area contributed by atoms with Crippen molar-refractivity contribution in [2.45, 2.75) is 58.8 Å². The maximum Gasteiger partial charge on any atom is 0.304 e. The fourth-order valence-corrected chi connectivity index (χ4v) is 2.29. The van der Waals surface area contributed by atoms with E-state index in [4.69, 9.17) is 5.11 Å². The highest BCUT2D eigenvalue weighted by atomic mass is 16.4. The van der Waals surface area contributed by atoms with Crippen LogP contribution in [0.4, 0.5) is 0 Å². The molecule has 1 aromatic rings. The van der Waals surface area contributed by atoms with Gasteiger partial charge in [0.15, 0.2) is 0 Å². The highest BCUT2D eigenvalue weighted by Gasteiger charge is 2.27. The van der Waals surface area contributed by atoms with Crippen LogP contribution in [-0.4, -0.2) is 11.1 Å². The van der Waals surface area contributed by atoms with Gasteiger partial charge in [-0.1, -0.05) is 52.8 Å². The Labute approximate surface area is 110 Å². The van der Waals surface area contributed by atoms with E-state index in [1.54, 1.807) is 0 Å². The number of hydrogen-bond acceptors (Lipinski definition) is 1. The number of aliphatic carboxylic acids is 1. The summed E-state index contributed by atoms with van der Waals surface area (Å²) in [6.07, 6.45) is 0.154. The summed E-state index contributed by atoms with van der Waals surface area (Å²) in [5.41, 5.74) is 3.30. The van der Waals surface area contributed by atoms with Crippen molar-refractivity contribution in [3.05, 3.63) is 34.9 Å². The number of carbonyl (C=O) groups is 1. The van der Waals surface area contributed by atoms with Gasteiger partial charge in [0.2, 0.25) is 0 Å². The molecule has 0 aliphatic heterocycles. The molecule has 2 heteroatoms. The lowest BCUT2D eigenvalue weighted by atomic mass is 9.76. The molecule has 0 aliphatic carbocycles. The number of benzene rings is 1. The normalized spacial score (nSPS) is 12.6. The van der Waals surface area contributed by atoms with Crippen molar-refractivity contribution in [3.63, 3.8) is 0 Å². The monoisotopic (exact) mass is 248 g/mol. The Balaban J connectivity index is 3.27. The molecule has 1 N–H and O–H groups in total. The molecule has 1 aromatic carbocycles. The molecule has 2 nitrogen and oxygen atoms in total. The van der Waals surface area contributed by atoms with Crippen molar-refractivity contribution in [2.75, 3.05) is 0 Å². The molecule has 0 heterocycles. The molecule has 0 atom stereocenters. The number of hydrogen-bond donors (Lipinski definition) is 1. The highest BCUT2D eigenvalue weighted by Crippen LogP contribution is 2.33. The zero-order valence-corrected chi connectivity index (χ0v) is 12.3. The van der Waals surface area contributed by atoms with Gasteiger partial charge in [0.25, 0.3) is 0 Å². The molecule has 0 radical (unpaired) electrons. The van der Waals surface area contributed by atoms with E-state index in [1.165, 1.54) is 5.56 Å². The van der Waals surface area contributed by atoms with Gasteiger partial charge in [0.05, 0.1) is 6.42 Å². The Kier molecular flexibility index (Phi) is 3.89. The van der Waals surface area contributed by atoms with Gasteiger partial charge in [-0.25, -0.2) is 0 Å². The summed E-state index contributed by atoms with van der Waals surface area (Å²) < 4.78 is 0. The molecule has 0 amide bonds. The van der Waals surface area contributed by atoms with E-state index in [9.17, 15) is 4.79 Å². The average Bonchev–Trinajstić information content (AvgIpc) is 2.13. The van der Waals surface area contributed by atoms with E-state index >= 15 is 0 Å². The molecule has 0 aliphatic rings. The minimum atomic E-state index is -0.749. The standard InChI is InChI=1S/C16H24O2/c1-11-7-8-12(15(2,3)4)9-13(11)16(5,6)10-14(17)18/h7-9H,10H2,1-6H3,(H,17,18). The average molecular weight is 248 g/mol. The first-order valence-corrected chi connectivity index (χ1v) is 6.37. The van der Waals surface area contributed by atoms with Crippen LogP contribution in [0.3, 0.4) is 0 Å². The second kappa shape index (κ2) is 4.75. The third-order valence-electron chi connectivity index (χ3n) is 3.43. The van der Waals surface area contributed by atoms with Crippen molar-refractivity contribution < 1.29 is 9.90 Å². The molecule has 1 rings (SSSR count). The van der Waals surface area contributed by atoms with Crippen molar-refractivity contribution in [1.29, 1.82) is 0 Å². The van der Waals surface area contributed by atoms with Crippen LogP contribution in [0.25, 0.3) is 0 Å². The van der Waals surface area contributed by atoms with Gasteiger partial charge in [0, 0.05) is 5.41 Å². The van der Waals surface area contributed by atoms with Crippen molar-refractivity contribution in [2.24, 2.45) is 0 Å². The zero-order chi connectivity index (χ0) is 14.1. The summed E-state index contributed by atoms with van der Waals surface area (Å²) in [6, 6.07) is 6.40. The smallest absolute Gasteiger partial charge is 0.304 e. The second-order valence-electron chi connectivity index (χ2n) is 6.73. The molecule has 0 spiro atoms. The predicted molar refractivity (Wildman–Crippen MR) is 75.2 cm³/mol. The first-order valence-electron chi connectivity index (χ1n) is 6.37. The topological polar surface area (TPSA) is 37.3 Å². The predicted octanol–water partition coefficient (Wildman–Crippen LogP) is 4.04. The van der Waals surface area contributed by atoms with Crippen LogP contribution < -0.4 is 0 Å². The van der Waals surface area contributed by atoms with Crippen molar-refractivity contribution in [1.82, 2.24) is 0 Å². The lowest BCUT2D eigenvalue weighted by Gasteiger charge is -2.28. The molecule has 0 saturated carbocycles. The Morgan fingerprint density at radius 3 is 2.17 bits per heavy atom. The largest absolute Gasteiger partial charge is 0.481 e. The molecular formula is C16H24O2. The van der Waals surface area contributed by atoms with Crippen molar-refractivity contribution >= 4 is 5.97 Å². The molecule has 100 valence electrons. The number of carboxylic acid groups (broad SMARTS) is 1. The van der Waals surface area contributed by atoms with Crippen LogP contribution in [0, 0.1) is 6.92 Å². The molecule has 0 saturated heterocycles. The van der Waals surface area contributed by atoms with Crippen LogP contribution in [0.1, 0.15) is 57.7 Å². The van der Waals surface area contributed by atoms with Crippen LogP contribution in [0.15, 0.2) is 18.2 Å². The summed E-state index contributed by atoms with van der Waals surface area (Å²) >= 11 is 0. The first-order chi connectivity index (χ1) is 8.04.